The van der Waals surface area contributed by atoms with E-state index in [0.29, 0.717) is 36.5 Å². The van der Waals surface area contributed by atoms with E-state index in [2.05, 4.69) is 26.8 Å². The van der Waals surface area contributed by atoms with Crippen LogP contribution in [0.5, 0.6) is 0 Å². The number of likely N-dealkylation sites (tertiary alicyclic amines) is 1. The Morgan fingerprint density at radius 2 is 1.95 bits per heavy atom. The molecule has 1 aliphatic rings. The first kappa shape index (κ1) is 26.6. The van der Waals surface area contributed by atoms with E-state index >= 15 is 0 Å². The fraction of sp³-hybridized carbons (Fsp3) is 0.407. The SMILES string of the molecule is CCNC(=O)c1ccc(-c2cc3c(N[C@@H]4CN(C(=O)C(C)(C)C#N)C[C@H]4CC)c(C(N)=O)cnn3c2)cn1. The monoisotopic (exact) mass is 516 g/mol. The molecular formula is C27H32N8O3. The Bertz CT molecular complexity index is 1420. The number of hydrogen-bond acceptors (Lipinski definition) is 7. The van der Waals surface area contributed by atoms with Gasteiger partial charge in [0.05, 0.1) is 29.0 Å². The van der Waals surface area contributed by atoms with Crippen molar-refractivity contribution in [1.82, 2.24) is 24.8 Å². The Kier molecular flexibility index (Phi) is 7.35. The lowest BCUT2D eigenvalue weighted by molar-refractivity contribution is -0.136. The van der Waals surface area contributed by atoms with Gasteiger partial charge in [0.25, 0.3) is 11.8 Å². The van der Waals surface area contributed by atoms with Crippen LogP contribution in [0, 0.1) is 22.7 Å². The molecule has 3 aromatic rings. The molecule has 2 atom stereocenters. The van der Waals surface area contributed by atoms with E-state index in [4.69, 9.17) is 5.73 Å². The largest absolute Gasteiger partial charge is 0.378 e. The molecule has 0 saturated carbocycles. The van der Waals surface area contributed by atoms with Crippen LogP contribution in [0.2, 0.25) is 0 Å². The summed E-state index contributed by atoms with van der Waals surface area (Å²) in [6.45, 7) is 8.55. The number of nitrogens with two attached hydrogens (primary N) is 1. The molecule has 1 aliphatic heterocycles. The number of nitrogens with one attached hydrogen (secondary N) is 2. The number of nitrogens with zero attached hydrogens (tertiary/aromatic N) is 5. The average molecular weight is 517 g/mol. The molecule has 1 saturated heterocycles. The second kappa shape index (κ2) is 10.5. The Morgan fingerprint density at radius 3 is 2.55 bits per heavy atom. The summed E-state index contributed by atoms with van der Waals surface area (Å²) in [5.74, 6) is -0.968. The Morgan fingerprint density at radius 1 is 1.18 bits per heavy atom. The lowest BCUT2D eigenvalue weighted by Crippen LogP contribution is -2.40. The summed E-state index contributed by atoms with van der Waals surface area (Å²) >= 11 is 0. The maximum absolute atomic E-state index is 13.0. The molecule has 11 heteroatoms. The molecule has 11 nitrogen and oxygen atoms in total. The summed E-state index contributed by atoms with van der Waals surface area (Å²) in [4.78, 5) is 43.4. The Balaban J connectivity index is 1.68. The Hall–Kier alpha value is -4.46. The van der Waals surface area contributed by atoms with Crippen LogP contribution in [0.4, 0.5) is 5.69 Å². The highest BCUT2D eigenvalue weighted by Crippen LogP contribution is 2.32. The number of carbonyl (C=O) groups is 3. The molecule has 0 radical (unpaired) electrons. The summed E-state index contributed by atoms with van der Waals surface area (Å²) in [7, 11) is 0. The van der Waals surface area contributed by atoms with Gasteiger partial charge in [0.1, 0.15) is 11.1 Å². The number of pyridine rings is 1. The van der Waals surface area contributed by atoms with Crippen molar-refractivity contribution in [3.63, 3.8) is 0 Å². The van der Waals surface area contributed by atoms with Crippen molar-refractivity contribution in [3.8, 4) is 17.2 Å². The van der Waals surface area contributed by atoms with E-state index in [-0.39, 0.29) is 29.3 Å². The third-order valence-corrected chi connectivity index (χ3v) is 6.97. The number of hydrogen-bond donors (Lipinski definition) is 3. The number of anilines is 1. The second-order valence-corrected chi connectivity index (χ2v) is 10.0. The van der Waals surface area contributed by atoms with E-state index in [1.54, 1.807) is 41.6 Å². The zero-order valence-corrected chi connectivity index (χ0v) is 22.0. The van der Waals surface area contributed by atoms with Gasteiger partial charge in [-0.15, -0.1) is 0 Å². The topological polar surface area (TPSA) is 159 Å². The predicted octanol–water partition coefficient (Wildman–Crippen LogP) is 2.44. The van der Waals surface area contributed by atoms with Gasteiger partial charge in [-0.25, -0.2) is 4.52 Å². The highest BCUT2D eigenvalue weighted by Gasteiger charge is 2.40. The first-order valence-corrected chi connectivity index (χ1v) is 12.6. The zero-order valence-electron chi connectivity index (χ0n) is 22.0. The van der Waals surface area contributed by atoms with Crippen LogP contribution in [-0.2, 0) is 4.79 Å². The van der Waals surface area contributed by atoms with Crippen LogP contribution >= 0.6 is 0 Å². The van der Waals surface area contributed by atoms with Gasteiger partial charge in [0.2, 0.25) is 5.91 Å². The first-order chi connectivity index (χ1) is 18.1. The second-order valence-electron chi connectivity index (χ2n) is 10.0. The Labute approximate surface area is 221 Å². The number of nitriles is 1. The standard InChI is InChI=1S/C27H32N8O3/c1-5-16-12-34(26(38)27(3,4)15-28)14-21(16)33-23-19(24(29)36)11-32-35-13-18(9-22(23)35)17-7-8-20(31-10-17)25(37)30-6-2/h7-11,13,16,21,33H,5-6,12,14H2,1-4H3,(H2,29,36)(H,30,37)/t16-,21-/m1/s1. The third kappa shape index (κ3) is 5.02. The fourth-order valence-corrected chi connectivity index (χ4v) is 4.75. The molecular weight excluding hydrogens is 484 g/mol. The molecule has 38 heavy (non-hydrogen) atoms. The van der Waals surface area contributed by atoms with E-state index in [1.807, 2.05) is 26.1 Å². The summed E-state index contributed by atoms with van der Waals surface area (Å²) in [6.07, 6.45) is 5.66. The maximum atomic E-state index is 13.0. The van der Waals surface area contributed by atoms with Crippen molar-refractivity contribution in [2.75, 3.05) is 25.0 Å². The summed E-state index contributed by atoms with van der Waals surface area (Å²) in [6, 6.07) is 7.27. The number of amides is 3. The van der Waals surface area contributed by atoms with Crippen molar-refractivity contribution in [3.05, 3.63) is 48.0 Å². The number of primary amides is 1. The van der Waals surface area contributed by atoms with Crippen LogP contribution < -0.4 is 16.4 Å². The van der Waals surface area contributed by atoms with E-state index in [0.717, 1.165) is 17.5 Å². The van der Waals surface area contributed by atoms with E-state index < -0.39 is 11.3 Å². The van der Waals surface area contributed by atoms with E-state index in [9.17, 15) is 19.6 Å². The fourth-order valence-electron chi connectivity index (χ4n) is 4.75. The van der Waals surface area contributed by atoms with Gasteiger partial charge in [-0.1, -0.05) is 13.0 Å². The third-order valence-electron chi connectivity index (χ3n) is 6.97. The van der Waals surface area contributed by atoms with Crippen LogP contribution in [0.15, 0.2) is 36.8 Å². The molecule has 0 unspecified atom stereocenters. The molecule has 1 fully saturated rings. The lowest BCUT2D eigenvalue weighted by Gasteiger charge is -2.24. The van der Waals surface area contributed by atoms with Crippen molar-refractivity contribution in [2.24, 2.45) is 17.1 Å². The van der Waals surface area contributed by atoms with Gasteiger partial charge in [0, 0.05) is 49.2 Å². The first-order valence-electron chi connectivity index (χ1n) is 12.6. The van der Waals surface area contributed by atoms with Crippen molar-refractivity contribution in [1.29, 1.82) is 5.26 Å². The minimum Gasteiger partial charge on any atom is -0.378 e. The van der Waals surface area contributed by atoms with Crippen LogP contribution in [0.25, 0.3) is 16.6 Å². The number of rotatable bonds is 8. The number of fused-ring (bicyclic) bond motifs is 1. The highest BCUT2D eigenvalue weighted by molar-refractivity contribution is 6.02. The van der Waals surface area contributed by atoms with Gasteiger partial charge >= 0.3 is 0 Å². The molecule has 4 rings (SSSR count). The molecule has 3 amide bonds. The van der Waals surface area contributed by atoms with Gasteiger partial charge in [-0.05, 0) is 45.2 Å². The van der Waals surface area contributed by atoms with Gasteiger partial charge in [-0.3, -0.25) is 19.4 Å². The zero-order chi connectivity index (χ0) is 27.6. The van der Waals surface area contributed by atoms with E-state index in [1.165, 1.54) is 6.20 Å². The minimum atomic E-state index is -1.12. The molecule has 0 spiro atoms. The van der Waals surface area contributed by atoms with Crippen molar-refractivity contribution in [2.45, 2.75) is 40.2 Å². The smallest absolute Gasteiger partial charge is 0.269 e. The van der Waals surface area contributed by atoms with Gasteiger partial charge < -0.3 is 21.3 Å². The van der Waals surface area contributed by atoms with Crippen LogP contribution in [0.3, 0.4) is 0 Å². The summed E-state index contributed by atoms with van der Waals surface area (Å²) < 4.78 is 1.65. The highest BCUT2D eigenvalue weighted by atomic mass is 16.2. The average Bonchev–Trinajstić information content (AvgIpc) is 3.53. The normalized spacial score (nSPS) is 17.3. The molecule has 198 valence electrons. The minimum absolute atomic E-state index is 0.114. The van der Waals surface area contributed by atoms with Gasteiger partial charge in [0.15, 0.2) is 0 Å². The van der Waals surface area contributed by atoms with Gasteiger partial charge in [-0.2, -0.15) is 10.4 Å². The van der Waals surface area contributed by atoms with Crippen LogP contribution in [0.1, 0.15) is 55.0 Å². The molecule has 0 bridgehead atoms. The summed E-state index contributed by atoms with van der Waals surface area (Å²) in [5.41, 5.74) is 7.89. The molecule has 4 heterocycles. The number of aromatic nitrogens is 3. The molecule has 0 aromatic carbocycles. The maximum Gasteiger partial charge on any atom is 0.269 e. The summed E-state index contributed by atoms with van der Waals surface area (Å²) in [5, 5.41) is 20.0. The van der Waals surface area contributed by atoms with Crippen LogP contribution in [-0.4, -0.2) is 62.9 Å². The molecule has 3 aromatic heterocycles. The molecule has 4 N–H and O–H groups in total. The number of carbonyl (C=O) groups excluding carboxylic acids is 3. The quantitative estimate of drug-likeness (QED) is 0.415. The molecule has 0 aliphatic carbocycles. The van der Waals surface area contributed by atoms with Crippen molar-refractivity contribution < 1.29 is 14.4 Å². The lowest BCUT2D eigenvalue weighted by atomic mass is 9.94. The predicted molar refractivity (Wildman–Crippen MR) is 142 cm³/mol. The van der Waals surface area contributed by atoms with Crippen molar-refractivity contribution >= 4 is 28.9 Å².